The number of sulfonamides is 1. The Labute approximate surface area is 187 Å². The van der Waals surface area contributed by atoms with Crippen LogP contribution in [-0.2, 0) is 27.9 Å². The van der Waals surface area contributed by atoms with Crippen molar-refractivity contribution in [2.24, 2.45) is 0 Å². The van der Waals surface area contributed by atoms with Crippen molar-refractivity contribution in [1.29, 1.82) is 0 Å². The zero-order valence-electron chi connectivity index (χ0n) is 17.8. The van der Waals surface area contributed by atoms with Gasteiger partial charge in [0, 0.05) is 31.3 Å². The summed E-state index contributed by atoms with van der Waals surface area (Å²) in [5, 5.41) is 0. The highest BCUT2D eigenvalue weighted by Gasteiger charge is 2.29. The molecule has 0 N–H and O–H groups in total. The molecule has 5 nitrogen and oxygen atoms in total. The minimum absolute atomic E-state index is 0.00370. The lowest BCUT2D eigenvalue weighted by molar-refractivity contribution is -0.130. The molecule has 3 aromatic carbocycles. The van der Waals surface area contributed by atoms with Crippen molar-refractivity contribution >= 4 is 15.9 Å². The Balaban J connectivity index is 1.88. The number of rotatable bonds is 8. The monoisotopic (exact) mass is 458 g/mol. The van der Waals surface area contributed by atoms with Gasteiger partial charge < -0.3 is 4.90 Å². The Morgan fingerprint density at radius 1 is 0.812 bits per heavy atom. The molecule has 0 aromatic heterocycles. The van der Waals surface area contributed by atoms with Crippen LogP contribution in [0.4, 0.5) is 8.78 Å². The molecule has 3 rings (SSSR count). The molecule has 168 valence electrons. The summed E-state index contributed by atoms with van der Waals surface area (Å²) in [6.07, 6.45) is 0. The summed E-state index contributed by atoms with van der Waals surface area (Å²) >= 11 is 0. The second kappa shape index (κ2) is 10.0. The molecule has 8 heteroatoms. The summed E-state index contributed by atoms with van der Waals surface area (Å²) in [6, 6.07) is 18.1. The Morgan fingerprint density at radius 2 is 1.31 bits per heavy atom. The molecule has 0 atom stereocenters. The Hall–Kier alpha value is -3.10. The van der Waals surface area contributed by atoms with E-state index in [1.165, 1.54) is 48.3 Å². The van der Waals surface area contributed by atoms with Gasteiger partial charge in [-0.15, -0.1) is 0 Å². The molecule has 0 aliphatic rings. The summed E-state index contributed by atoms with van der Waals surface area (Å²) in [7, 11) is -2.63. The van der Waals surface area contributed by atoms with Crippen molar-refractivity contribution in [1.82, 2.24) is 9.21 Å². The second-order valence-corrected chi connectivity index (χ2v) is 9.46. The highest BCUT2D eigenvalue weighted by atomic mass is 32.2. The van der Waals surface area contributed by atoms with Crippen LogP contribution in [0.5, 0.6) is 0 Å². The van der Waals surface area contributed by atoms with E-state index in [1.807, 2.05) is 6.92 Å². The molecule has 0 saturated heterocycles. The van der Waals surface area contributed by atoms with E-state index >= 15 is 0 Å². The third-order valence-electron chi connectivity index (χ3n) is 5.07. The van der Waals surface area contributed by atoms with Gasteiger partial charge in [-0.2, -0.15) is 4.31 Å². The van der Waals surface area contributed by atoms with Crippen molar-refractivity contribution in [3.8, 4) is 0 Å². The number of nitrogens with zero attached hydrogens (tertiary/aromatic N) is 2. The molecule has 0 unspecified atom stereocenters. The minimum Gasteiger partial charge on any atom is -0.340 e. The van der Waals surface area contributed by atoms with E-state index in [-0.39, 0.29) is 23.5 Å². The highest BCUT2D eigenvalue weighted by Crippen LogP contribution is 2.21. The van der Waals surface area contributed by atoms with E-state index in [4.69, 9.17) is 0 Å². The summed E-state index contributed by atoms with van der Waals surface area (Å²) in [4.78, 5) is 14.1. The predicted molar refractivity (Wildman–Crippen MR) is 118 cm³/mol. The van der Waals surface area contributed by atoms with Gasteiger partial charge in [0.2, 0.25) is 15.9 Å². The molecule has 32 heavy (non-hydrogen) atoms. The number of hydrogen-bond acceptors (Lipinski definition) is 3. The summed E-state index contributed by atoms with van der Waals surface area (Å²) in [5.74, 6) is -1.56. The lowest BCUT2D eigenvalue weighted by Gasteiger charge is -2.25. The van der Waals surface area contributed by atoms with Crippen LogP contribution in [0.1, 0.15) is 16.7 Å². The summed E-state index contributed by atoms with van der Waals surface area (Å²) < 4.78 is 55.8. The van der Waals surface area contributed by atoms with Gasteiger partial charge >= 0.3 is 0 Å². The van der Waals surface area contributed by atoms with Gasteiger partial charge in [0.15, 0.2) is 0 Å². The van der Waals surface area contributed by atoms with Crippen LogP contribution in [0.3, 0.4) is 0 Å². The maximum atomic E-state index is 14.3. The van der Waals surface area contributed by atoms with Crippen LogP contribution >= 0.6 is 0 Å². The van der Waals surface area contributed by atoms with Crippen molar-refractivity contribution in [3.05, 3.63) is 101 Å². The van der Waals surface area contributed by atoms with Crippen LogP contribution in [0, 0.1) is 18.6 Å². The van der Waals surface area contributed by atoms with Crippen molar-refractivity contribution in [2.45, 2.75) is 24.9 Å². The maximum absolute atomic E-state index is 14.3. The molecule has 0 bridgehead atoms. The van der Waals surface area contributed by atoms with Crippen molar-refractivity contribution in [3.63, 3.8) is 0 Å². The summed E-state index contributed by atoms with van der Waals surface area (Å²) in [5.41, 5.74) is 1.34. The van der Waals surface area contributed by atoms with Crippen LogP contribution in [0.15, 0.2) is 77.7 Å². The molecule has 0 aliphatic carbocycles. The number of carbonyl (C=O) groups is 1. The molecule has 0 saturated carbocycles. The van der Waals surface area contributed by atoms with Crippen LogP contribution in [0.25, 0.3) is 0 Å². The number of benzene rings is 3. The minimum atomic E-state index is -4.10. The smallest absolute Gasteiger partial charge is 0.243 e. The van der Waals surface area contributed by atoms with Gasteiger partial charge in [0.25, 0.3) is 0 Å². The zero-order chi connectivity index (χ0) is 23.3. The Bertz CT molecular complexity index is 1200. The van der Waals surface area contributed by atoms with Gasteiger partial charge in [-0.05, 0) is 31.2 Å². The summed E-state index contributed by atoms with van der Waals surface area (Å²) in [6.45, 7) is 0.968. The lowest BCUT2D eigenvalue weighted by Crippen LogP contribution is -2.41. The SMILES string of the molecule is Cc1ccc(S(=O)(=O)N(CC(=O)N(C)Cc2ccccc2F)Cc2ccccc2F)cc1. The maximum Gasteiger partial charge on any atom is 0.243 e. The molecule has 0 aliphatic heterocycles. The first-order valence-corrected chi connectivity index (χ1v) is 11.4. The van der Waals surface area contributed by atoms with Gasteiger partial charge in [-0.3, -0.25) is 4.79 Å². The average Bonchev–Trinajstić information content (AvgIpc) is 2.76. The van der Waals surface area contributed by atoms with E-state index in [2.05, 4.69) is 0 Å². The fourth-order valence-corrected chi connectivity index (χ4v) is 4.51. The van der Waals surface area contributed by atoms with E-state index < -0.39 is 34.1 Å². The fraction of sp³-hybridized carbons (Fsp3) is 0.208. The van der Waals surface area contributed by atoms with Crippen LogP contribution in [0.2, 0.25) is 0 Å². The third-order valence-corrected chi connectivity index (χ3v) is 6.87. The van der Waals surface area contributed by atoms with Crippen molar-refractivity contribution < 1.29 is 22.0 Å². The van der Waals surface area contributed by atoms with Gasteiger partial charge in [0.1, 0.15) is 11.6 Å². The molecular formula is C24H24F2N2O3S. The van der Waals surface area contributed by atoms with Gasteiger partial charge in [-0.1, -0.05) is 54.1 Å². The normalized spacial score (nSPS) is 11.5. The quantitative estimate of drug-likeness (QED) is 0.510. The van der Waals surface area contributed by atoms with Gasteiger partial charge in [-0.25, -0.2) is 17.2 Å². The van der Waals surface area contributed by atoms with Gasteiger partial charge in [0.05, 0.1) is 11.4 Å². The van der Waals surface area contributed by atoms with E-state index in [0.717, 1.165) is 9.87 Å². The molecule has 0 radical (unpaired) electrons. The molecule has 0 spiro atoms. The van der Waals surface area contributed by atoms with Crippen LogP contribution in [-0.4, -0.2) is 37.1 Å². The van der Waals surface area contributed by atoms with Crippen molar-refractivity contribution in [2.75, 3.05) is 13.6 Å². The first-order valence-electron chi connectivity index (χ1n) is 9.96. The van der Waals surface area contributed by atoms with E-state index in [0.29, 0.717) is 5.56 Å². The number of aryl methyl sites for hydroxylation is 1. The third kappa shape index (κ3) is 5.57. The van der Waals surface area contributed by atoms with E-state index in [1.54, 1.807) is 36.4 Å². The number of halogens is 2. The Morgan fingerprint density at radius 3 is 1.84 bits per heavy atom. The lowest BCUT2D eigenvalue weighted by atomic mass is 10.2. The standard InChI is InChI=1S/C24H24F2N2O3S/c1-18-11-13-21(14-12-18)32(30,31)28(16-20-8-4-6-10-23(20)26)17-24(29)27(2)15-19-7-3-5-9-22(19)25/h3-14H,15-17H2,1-2H3. The Kier molecular flexibility index (Phi) is 7.37. The number of likely N-dealkylation sites (N-methyl/N-ethyl adjacent to an activating group) is 1. The molecule has 3 aromatic rings. The highest BCUT2D eigenvalue weighted by molar-refractivity contribution is 7.89. The first-order chi connectivity index (χ1) is 15.2. The molecular weight excluding hydrogens is 434 g/mol. The number of amides is 1. The number of carbonyl (C=O) groups excluding carboxylic acids is 1. The largest absolute Gasteiger partial charge is 0.340 e. The predicted octanol–water partition coefficient (Wildman–Crippen LogP) is 4.12. The molecule has 1 amide bonds. The second-order valence-electron chi connectivity index (χ2n) is 7.52. The molecule has 0 heterocycles. The first kappa shape index (κ1) is 23.6. The zero-order valence-corrected chi connectivity index (χ0v) is 18.6. The fourth-order valence-electron chi connectivity index (χ4n) is 3.14. The van der Waals surface area contributed by atoms with E-state index in [9.17, 15) is 22.0 Å². The number of hydrogen-bond donors (Lipinski definition) is 0. The molecule has 0 fully saturated rings. The average molecular weight is 459 g/mol. The topological polar surface area (TPSA) is 57.7 Å². The van der Waals surface area contributed by atoms with Crippen LogP contribution < -0.4 is 0 Å².